The minimum absolute atomic E-state index is 0.0673. The minimum atomic E-state index is -0.0673. The molecular weight excluding hydrogens is 298 g/mol. The maximum Gasteiger partial charge on any atom is 0.223 e. The van der Waals surface area contributed by atoms with Gasteiger partial charge in [0, 0.05) is 26.1 Å². The smallest absolute Gasteiger partial charge is 0.223 e. The van der Waals surface area contributed by atoms with E-state index in [0.29, 0.717) is 23.5 Å². The van der Waals surface area contributed by atoms with E-state index in [1.807, 2.05) is 6.07 Å². The van der Waals surface area contributed by atoms with Crippen molar-refractivity contribution in [3.05, 3.63) is 24.1 Å². The van der Waals surface area contributed by atoms with Crippen LogP contribution in [0.2, 0.25) is 0 Å². The number of aryl methyl sites for hydroxylation is 1. The summed E-state index contributed by atoms with van der Waals surface area (Å²) in [7, 11) is 1.61. The van der Waals surface area contributed by atoms with Crippen molar-refractivity contribution in [2.24, 2.45) is 5.92 Å². The Labute approximate surface area is 133 Å². The maximum atomic E-state index is 6.17. The highest BCUT2D eigenvalue weighted by Crippen LogP contribution is 2.40. The number of methoxy groups -OCH3 is 1. The Morgan fingerprint density at radius 2 is 2.26 bits per heavy atom. The fourth-order valence-electron chi connectivity index (χ4n) is 3.36. The highest BCUT2D eigenvalue weighted by Gasteiger charge is 2.41. The van der Waals surface area contributed by atoms with Gasteiger partial charge in [0.1, 0.15) is 18.2 Å². The fourth-order valence-corrected chi connectivity index (χ4v) is 3.36. The zero-order valence-corrected chi connectivity index (χ0v) is 13.2. The number of rotatable bonds is 3. The Hall–Kier alpha value is -2.22. The summed E-state index contributed by atoms with van der Waals surface area (Å²) in [6.07, 6.45) is 3.63. The van der Waals surface area contributed by atoms with Gasteiger partial charge in [-0.2, -0.15) is 4.98 Å². The molecule has 23 heavy (non-hydrogen) atoms. The lowest BCUT2D eigenvalue weighted by Gasteiger charge is -2.34. The van der Waals surface area contributed by atoms with Gasteiger partial charge in [0.15, 0.2) is 0 Å². The molecular formula is C15H19N5O3. The van der Waals surface area contributed by atoms with Crippen LogP contribution in [0.25, 0.3) is 0 Å². The molecule has 8 nitrogen and oxygen atoms in total. The summed E-state index contributed by atoms with van der Waals surface area (Å²) in [5, 5.41) is 3.99. The normalized spacial score (nSPS) is 27.0. The topological polar surface area (TPSA) is 86.4 Å². The maximum absolute atomic E-state index is 6.17. The van der Waals surface area contributed by atoms with E-state index in [1.54, 1.807) is 14.0 Å². The molecule has 4 rings (SSSR count). The quantitative estimate of drug-likeness (QED) is 0.842. The molecule has 3 atom stereocenters. The van der Waals surface area contributed by atoms with Gasteiger partial charge in [-0.25, -0.2) is 9.97 Å². The summed E-state index contributed by atoms with van der Waals surface area (Å²) in [5.74, 6) is 3.21. The average molecular weight is 317 g/mol. The van der Waals surface area contributed by atoms with E-state index in [2.05, 4.69) is 25.0 Å². The van der Waals surface area contributed by atoms with Crippen molar-refractivity contribution in [2.75, 3.05) is 25.1 Å². The van der Waals surface area contributed by atoms with Crippen LogP contribution in [0.1, 0.15) is 30.7 Å². The summed E-state index contributed by atoms with van der Waals surface area (Å²) in [6, 6.07) is 1.86. The predicted octanol–water partition coefficient (Wildman–Crippen LogP) is 1.53. The number of ether oxygens (including phenoxy) is 2. The van der Waals surface area contributed by atoms with Crippen LogP contribution in [0.3, 0.4) is 0 Å². The standard InChI is InChI=1S/C15H19N5O3/c1-9-18-15(19-23-9)11-5-10-3-4-20(7-12(10)22-11)13-6-14(21-2)17-8-16-13/h6,8,10-12H,3-5,7H2,1-2H3/t10-,11+,12+/m1/s1. The van der Waals surface area contributed by atoms with Crippen molar-refractivity contribution >= 4 is 5.82 Å². The Bertz CT molecular complexity index is 691. The second-order valence-corrected chi connectivity index (χ2v) is 5.98. The number of nitrogens with zero attached hydrogens (tertiary/aromatic N) is 5. The Morgan fingerprint density at radius 3 is 3.04 bits per heavy atom. The van der Waals surface area contributed by atoms with E-state index in [9.17, 15) is 0 Å². The summed E-state index contributed by atoms with van der Waals surface area (Å²) < 4.78 is 16.4. The van der Waals surface area contributed by atoms with Gasteiger partial charge >= 0.3 is 0 Å². The van der Waals surface area contributed by atoms with Crippen LogP contribution in [0.4, 0.5) is 5.82 Å². The predicted molar refractivity (Wildman–Crippen MR) is 80.2 cm³/mol. The third kappa shape index (κ3) is 2.74. The molecule has 0 aromatic carbocycles. The number of piperidine rings is 1. The Kier molecular flexibility index (Phi) is 3.60. The van der Waals surface area contributed by atoms with Crippen LogP contribution >= 0.6 is 0 Å². The van der Waals surface area contributed by atoms with Crippen molar-refractivity contribution in [1.29, 1.82) is 0 Å². The minimum Gasteiger partial charge on any atom is -0.481 e. The molecule has 2 aromatic rings. The zero-order chi connectivity index (χ0) is 15.8. The highest BCUT2D eigenvalue weighted by molar-refractivity contribution is 5.41. The van der Waals surface area contributed by atoms with Gasteiger partial charge in [0.25, 0.3) is 0 Å². The SMILES string of the molecule is COc1cc(N2CC[C@@H]3C[C@@H](c4noc(C)n4)O[C@H]3C2)ncn1. The third-order valence-corrected chi connectivity index (χ3v) is 4.54. The van der Waals surface area contributed by atoms with Gasteiger partial charge in [-0.3, -0.25) is 0 Å². The van der Waals surface area contributed by atoms with Crippen molar-refractivity contribution in [3.63, 3.8) is 0 Å². The molecule has 2 saturated heterocycles. The molecule has 2 fully saturated rings. The van der Waals surface area contributed by atoms with Gasteiger partial charge < -0.3 is 18.9 Å². The molecule has 0 unspecified atom stereocenters. The number of hydrogen-bond acceptors (Lipinski definition) is 8. The first-order chi connectivity index (χ1) is 11.2. The Balaban J connectivity index is 1.47. The van der Waals surface area contributed by atoms with Gasteiger partial charge in [-0.05, 0) is 18.8 Å². The zero-order valence-electron chi connectivity index (χ0n) is 13.2. The molecule has 0 radical (unpaired) electrons. The molecule has 0 saturated carbocycles. The molecule has 0 N–H and O–H groups in total. The van der Waals surface area contributed by atoms with Crippen LogP contribution < -0.4 is 9.64 Å². The second kappa shape index (κ2) is 5.77. The molecule has 4 heterocycles. The molecule has 8 heteroatoms. The first kappa shape index (κ1) is 14.4. The largest absolute Gasteiger partial charge is 0.481 e. The molecule has 0 spiro atoms. The monoisotopic (exact) mass is 317 g/mol. The molecule has 2 aliphatic rings. The molecule has 122 valence electrons. The number of hydrogen-bond donors (Lipinski definition) is 0. The number of anilines is 1. The lowest BCUT2D eigenvalue weighted by Crippen LogP contribution is -2.42. The van der Waals surface area contributed by atoms with Crippen molar-refractivity contribution in [3.8, 4) is 5.88 Å². The van der Waals surface area contributed by atoms with Crippen LogP contribution in [0.5, 0.6) is 5.88 Å². The molecule has 0 amide bonds. The highest BCUT2D eigenvalue weighted by atomic mass is 16.5. The van der Waals surface area contributed by atoms with Crippen LogP contribution in [-0.4, -0.2) is 46.4 Å². The molecule has 0 bridgehead atoms. The Morgan fingerprint density at radius 1 is 1.35 bits per heavy atom. The number of aromatic nitrogens is 4. The molecule has 0 aliphatic carbocycles. The first-order valence-corrected chi connectivity index (χ1v) is 7.79. The van der Waals surface area contributed by atoms with Crippen molar-refractivity contribution < 1.29 is 14.0 Å². The summed E-state index contributed by atoms with van der Waals surface area (Å²) in [6.45, 7) is 3.55. The summed E-state index contributed by atoms with van der Waals surface area (Å²) in [5.41, 5.74) is 0. The summed E-state index contributed by atoms with van der Waals surface area (Å²) in [4.78, 5) is 14.9. The van der Waals surface area contributed by atoms with Crippen molar-refractivity contribution in [2.45, 2.75) is 32.0 Å². The van der Waals surface area contributed by atoms with Gasteiger partial charge in [-0.1, -0.05) is 5.16 Å². The fraction of sp³-hybridized carbons (Fsp3) is 0.600. The lowest BCUT2D eigenvalue weighted by atomic mass is 9.91. The second-order valence-electron chi connectivity index (χ2n) is 5.98. The van der Waals surface area contributed by atoms with E-state index in [0.717, 1.165) is 31.7 Å². The summed E-state index contributed by atoms with van der Waals surface area (Å²) >= 11 is 0. The van der Waals surface area contributed by atoms with Crippen LogP contribution in [0, 0.1) is 12.8 Å². The molecule has 2 aliphatic heterocycles. The lowest BCUT2D eigenvalue weighted by molar-refractivity contribution is 0.0266. The van der Waals surface area contributed by atoms with E-state index in [4.69, 9.17) is 14.0 Å². The van der Waals surface area contributed by atoms with Gasteiger partial charge in [-0.15, -0.1) is 0 Å². The van der Waals surface area contributed by atoms with E-state index in [-0.39, 0.29) is 12.2 Å². The van der Waals surface area contributed by atoms with Gasteiger partial charge in [0.2, 0.25) is 17.6 Å². The third-order valence-electron chi connectivity index (χ3n) is 4.54. The molecule has 2 aromatic heterocycles. The van der Waals surface area contributed by atoms with Crippen LogP contribution in [-0.2, 0) is 4.74 Å². The van der Waals surface area contributed by atoms with E-state index >= 15 is 0 Å². The van der Waals surface area contributed by atoms with Gasteiger partial charge in [0.05, 0.1) is 13.2 Å². The number of fused-ring (bicyclic) bond motifs is 1. The van der Waals surface area contributed by atoms with E-state index in [1.165, 1.54) is 6.33 Å². The van der Waals surface area contributed by atoms with Crippen LogP contribution in [0.15, 0.2) is 16.9 Å². The van der Waals surface area contributed by atoms with Crippen molar-refractivity contribution in [1.82, 2.24) is 20.1 Å². The average Bonchev–Trinajstić information content (AvgIpc) is 3.20. The van der Waals surface area contributed by atoms with E-state index < -0.39 is 0 Å². The first-order valence-electron chi connectivity index (χ1n) is 7.79.